The topological polar surface area (TPSA) is 55.1 Å². The van der Waals surface area contributed by atoms with Crippen LogP contribution in [0.5, 0.6) is 0 Å². The van der Waals surface area contributed by atoms with Crippen molar-refractivity contribution in [1.82, 2.24) is 5.32 Å². The van der Waals surface area contributed by atoms with Crippen LogP contribution in [0.3, 0.4) is 0 Å². The van der Waals surface area contributed by atoms with E-state index in [-0.39, 0.29) is 17.1 Å². The molecule has 0 bridgehead atoms. The predicted octanol–water partition coefficient (Wildman–Crippen LogP) is 2.10. The first-order chi connectivity index (χ1) is 9.03. The minimum atomic E-state index is -0.494. The fourth-order valence-corrected chi connectivity index (χ4v) is 2.84. The second-order valence-corrected chi connectivity index (χ2v) is 5.50. The summed E-state index contributed by atoms with van der Waals surface area (Å²) in [6.45, 7) is 2.26. The standard InChI is InChI=1S/C15H21FN2O/c1-11(17)14(19)18-10-15(8-2-3-9-15)12-4-6-13(16)7-5-12/h4-7,11H,2-3,8-10,17H2,1H3,(H,18,19)/t11-/m1/s1. The zero-order chi connectivity index (χ0) is 13.9. The van der Waals surface area contributed by atoms with Crippen molar-refractivity contribution in [1.29, 1.82) is 0 Å². The molecule has 0 unspecified atom stereocenters. The van der Waals surface area contributed by atoms with Crippen LogP contribution in [0, 0.1) is 5.82 Å². The lowest BCUT2D eigenvalue weighted by Crippen LogP contribution is -2.45. The van der Waals surface area contributed by atoms with E-state index in [4.69, 9.17) is 5.73 Å². The molecule has 3 nitrogen and oxygen atoms in total. The van der Waals surface area contributed by atoms with Crippen LogP contribution in [0.1, 0.15) is 38.2 Å². The van der Waals surface area contributed by atoms with E-state index in [9.17, 15) is 9.18 Å². The van der Waals surface area contributed by atoms with E-state index in [2.05, 4.69) is 5.32 Å². The van der Waals surface area contributed by atoms with E-state index >= 15 is 0 Å². The number of benzene rings is 1. The van der Waals surface area contributed by atoms with Crippen LogP contribution >= 0.6 is 0 Å². The van der Waals surface area contributed by atoms with Crippen molar-refractivity contribution in [2.24, 2.45) is 5.73 Å². The lowest BCUT2D eigenvalue weighted by atomic mass is 9.78. The fraction of sp³-hybridized carbons (Fsp3) is 0.533. The fourth-order valence-electron chi connectivity index (χ4n) is 2.84. The Morgan fingerprint density at radius 1 is 1.37 bits per heavy atom. The molecule has 1 aromatic rings. The predicted molar refractivity (Wildman–Crippen MR) is 73.2 cm³/mol. The zero-order valence-corrected chi connectivity index (χ0v) is 11.3. The van der Waals surface area contributed by atoms with Gasteiger partial charge < -0.3 is 11.1 Å². The van der Waals surface area contributed by atoms with Gasteiger partial charge in [0.05, 0.1) is 6.04 Å². The molecule has 0 spiro atoms. The van der Waals surface area contributed by atoms with Gasteiger partial charge in [0.15, 0.2) is 0 Å². The maximum Gasteiger partial charge on any atom is 0.236 e. The molecule has 1 saturated carbocycles. The minimum absolute atomic E-state index is 0.0573. The van der Waals surface area contributed by atoms with Crippen molar-refractivity contribution in [2.45, 2.75) is 44.1 Å². The van der Waals surface area contributed by atoms with E-state index in [0.29, 0.717) is 6.54 Å². The summed E-state index contributed by atoms with van der Waals surface area (Å²) in [7, 11) is 0. The molecular weight excluding hydrogens is 243 g/mol. The number of nitrogens with two attached hydrogens (primary N) is 1. The SMILES string of the molecule is C[C@@H](N)C(=O)NCC1(c2ccc(F)cc2)CCCC1. The number of carbonyl (C=O) groups excluding carboxylic acids is 1. The van der Waals surface area contributed by atoms with Crippen LogP contribution in [-0.4, -0.2) is 18.5 Å². The van der Waals surface area contributed by atoms with Crippen molar-refractivity contribution in [3.8, 4) is 0 Å². The number of rotatable bonds is 4. The van der Waals surface area contributed by atoms with Gasteiger partial charge in [0.2, 0.25) is 5.91 Å². The summed E-state index contributed by atoms with van der Waals surface area (Å²) in [5.41, 5.74) is 6.61. The average Bonchev–Trinajstić information content (AvgIpc) is 2.86. The second kappa shape index (κ2) is 5.70. The summed E-state index contributed by atoms with van der Waals surface area (Å²) in [6, 6.07) is 6.15. The average molecular weight is 264 g/mol. The molecule has 1 fully saturated rings. The molecule has 2 rings (SSSR count). The van der Waals surface area contributed by atoms with Crippen molar-refractivity contribution < 1.29 is 9.18 Å². The first-order valence-electron chi connectivity index (χ1n) is 6.83. The van der Waals surface area contributed by atoms with Gasteiger partial charge in [0, 0.05) is 12.0 Å². The molecule has 1 amide bonds. The van der Waals surface area contributed by atoms with Crippen LogP contribution in [0.25, 0.3) is 0 Å². The summed E-state index contributed by atoms with van der Waals surface area (Å²) in [5, 5.41) is 2.92. The van der Waals surface area contributed by atoms with E-state index in [1.807, 2.05) is 12.1 Å². The van der Waals surface area contributed by atoms with Gasteiger partial charge in [-0.1, -0.05) is 25.0 Å². The number of hydrogen-bond donors (Lipinski definition) is 2. The van der Waals surface area contributed by atoms with Gasteiger partial charge in [-0.15, -0.1) is 0 Å². The second-order valence-electron chi connectivity index (χ2n) is 5.50. The molecule has 19 heavy (non-hydrogen) atoms. The third-order valence-corrected chi connectivity index (χ3v) is 4.03. The van der Waals surface area contributed by atoms with Gasteiger partial charge in [-0.05, 0) is 37.5 Å². The Balaban J connectivity index is 2.14. The highest BCUT2D eigenvalue weighted by atomic mass is 19.1. The molecule has 1 aliphatic rings. The van der Waals surface area contributed by atoms with Crippen molar-refractivity contribution in [3.63, 3.8) is 0 Å². The molecule has 0 radical (unpaired) electrons. The van der Waals surface area contributed by atoms with Crippen LogP contribution in [0.15, 0.2) is 24.3 Å². The smallest absolute Gasteiger partial charge is 0.236 e. The molecule has 0 heterocycles. The van der Waals surface area contributed by atoms with Crippen LogP contribution in [0.2, 0.25) is 0 Å². The van der Waals surface area contributed by atoms with E-state index in [1.54, 1.807) is 6.92 Å². The molecule has 0 aromatic heterocycles. The molecule has 0 aliphatic heterocycles. The monoisotopic (exact) mass is 264 g/mol. The van der Waals surface area contributed by atoms with Gasteiger partial charge in [0.1, 0.15) is 5.82 Å². The molecule has 4 heteroatoms. The Hall–Kier alpha value is -1.42. The van der Waals surface area contributed by atoms with Gasteiger partial charge in [-0.2, -0.15) is 0 Å². The maximum atomic E-state index is 13.0. The van der Waals surface area contributed by atoms with Crippen LogP contribution in [-0.2, 0) is 10.2 Å². The van der Waals surface area contributed by atoms with E-state index in [1.165, 1.54) is 12.1 Å². The number of amides is 1. The first-order valence-corrected chi connectivity index (χ1v) is 6.83. The third kappa shape index (κ3) is 3.13. The molecule has 3 N–H and O–H groups in total. The minimum Gasteiger partial charge on any atom is -0.354 e. The van der Waals surface area contributed by atoms with E-state index in [0.717, 1.165) is 31.2 Å². The van der Waals surface area contributed by atoms with Gasteiger partial charge in [-0.3, -0.25) is 4.79 Å². The number of nitrogens with one attached hydrogen (secondary N) is 1. The van der Waals surface area contributed by atoms with Gasteiger partial charge in [-0.25, -0.2) is 4.39 Å². The van der Waals surface area contributed by atoms with Crippen molar-refractivity contribution in [3.05, 3.63) is 35.6 Å². The molecule has 1 aromatic carbocycles. The highest BCUT2D eigenvalue weighted by Gasteiger charge is 2.36. The quantitative estimate of drug-likeness (QED) is 0.875. The number of hydrogen-bond acceptors (Lipinski definition) is 2. The summed E-state index contributed by atoms with van der Waals surface area (Å²) in [6.07, 6.45) is 4.34. The molecule has 104 valence electrons. The Bertz CT molecular complexity index is 436. The normalized spacial score (nSPS) is 19.1. The summed E-state index contributed by atoms with van der Waals surface area (Å²) in [4.78, 5) is 11.6. The third-order valence-electron chi connectivity index (χ3n) is 4.03. The Labute approximate surface area is 113 Å². The number of halogens is 1. The molecule has 1 atom stereocenters. The highest BCUT2D eigenvalue weighted by molar-refractivity contribution is 5.81. The van der Waals surface area contributed by atoms with Crippen molar-refractivity contribution in [2.75, 3.05) is 6.54 Å². The Morgan fingerprint density at radius 3 is 2.47 bits per heavy atom. The molecule has 1 aliphatic carbocycles. The zero-order valence-electron chi connectivity index (χ0n) is 11.3. The number of carbonyl (C=O) groups is 1. The maximum absolute atomic E-state index is 13.0. The largest absolute Gasteiger partial charge is 0.354 e. The van der Waals surface area contributed by atoms with Gasteiger partial charge >= 0.3 is 0 Å². The lowest BCUT2D eigenvalue weighted by Gasteiger charge is -2.30. The highest BCUT2D eigenvalue weighted by Crippen LogP contribution is 2.40. The van der Waals surface area contributed by atoms with Crippen LogP contribution in [0.4, 0.5) is 4.39 Å². The first kappa shape index (κ1) is 14.0. The lowest BCUT2D eigenvalue weighted by molar-refractivity contribution is -0.122. The summed E-state index contributed by atoms with van der Waals surface area (Å²) < 4.78 is 13.0. The Kier molecular flexibility index (Phi) is 4.20. The van der Waals surface area contributed by atoms with Gasteiger partial charge in [0.25, 0.3) is 0 Å². The van der Waals surface area contributed by atoms with Crippen molar-refractivity contribution >= 4 is 5.91 Å². The summed E-state index contributed by atoms with van der Waals surface area (Å²) in [5.74, 6) is -0.357. The van der Waals surface area contributed by atoms with Crippen LogP contribution < -0.4 is 11.1 Å². The summed E-state index contributed by atoms with van der Waals surface area (Å²) >= 11 is 0. The van der Waals surface area contributed by atoms with E-state index < -0.39 is 6.04 Å². The Morgan fingerprint density at radius 2 is 1.95 bits per heavy atom. The molecule has 0 saturated heterocycles. The molecular formula is C15H21FN2O.